The van der Waals surface area contributed by atoms with E-state index in [-0.39, 0.29) is 0 Å². The van der Waals surface area contributed by atoms with Crippen molar-refractivity contribution in [1.82, 2.24) is 0 Å². The molecular weight excluding hydrogens is 268 g/mol. The minimum Gasteiger partial charge on any atom is -0.496 e. The van der Waals surface area contributed by atoms with Crippen molar-refractivity contribution in [1.29, 1.82) is 0 Å². The van der Waals surface area contributed by atoms with Gasteiger partial charge in [-0.2, -0.15) is 0 Å². The zero-order valence-electron chi connectivity index (χ0n) is 8.66. The van der Waals surface area contributed by atoms with Gasteiger partial charge in [0, 0.05) is 5.39 Å². The fourth-order valence-corrected chi connectivity index (χ4v) is 2.40. The third kappa shape index (κ3) is 1.25. The number of benzene rings is 2. The van der Waals surface area contributed by atoms with Crippen LogP contribution in [0.2, 0.25) is 0 Å². The molecule has 0 N–H and O–H groups in total. The van der Waals surface area contributed by atoms with E-state index >= 15 is 0 Å². The first-order valence-corrected chi connectivity index (χ1v) is 5.74. The molecule has 80 valence electrons. The Bertz CT molecular complexity index is 670. The molecule has 3 heteroatoms. The number of ether oxygens (including phenoxy) is 1. The summed E-state index contributed by atoms with van der Waals surface area (Å²) in [5, 5.41) is 2.10. The number of rotatable bonds is 1. The number of halogens is 1. The van der Waals surface area contributed by atoms with Gasteiger partial charge in [0.25, 0.3) is 0 Å². The highest BCUT2D eigenvalue weighted by Gasteiger charge is 2.12. The van der Waals surface area contributed by atoms with Crippen LogP contribution in [0.25, 0.3) is 21.9 Å². The summed E-state index contributed by atoms with van der Waals surface area (Å²) in [4.78, 5) is 0. The number of methoxy groups -OCH3 is 1. The van der Waals surface area contributed by atoms with Gasteiger partial charge in [-0.05, 0) is 34.1 Å². The standard InChI is InChI=1S/C13H9BrO2/c1-15-10-6-3-7-11-12(10)8-4-2-5-9(14)13(8)16-11/h2-7H,1H3. The van der Waals surface area contributed by atoms with Crippen LogP contribution in [-0.4, -0.2) is 7.11 Å². The van der Waals surface area contributed by atoms with Crippen LogP contribution in [0, 0.1) is 0 Å². The van der Waals surface area contributed by atoms with Gasteiger partial charge in [-0.3, -0.25) is 0 Å². The second-order valence-electron chi connectivity index (χ2n) is 3.55. The van der Waals surface area contributed by atoms with E-state index in [0.29, 0.717) is 0 Å². The number of furan rings is 1. The number of hydrogen-bond acceptors (Lipinski definition) is 2. The Labute approximate surface area is 101 Å². The molecule has 0 aliphatic rings. The van der Waals surface area contributed by atoms with E-state index in [1.165, 1.54) is 0 Å². The van der Waals surface area contributed by atoms with Crippen molar-refractivity contribution in [2.75, 3.05) is 7.11 Å². The number of para-hydroxylation sites is 1. The Morgan fingerprint density at radius 1 is 1.12 bits per heavy atom. The van der Waals surface area contributed by atoms with E-state index in [1.807, 2.05) is 36.4 Å². The molecule has 0 saturated carbocycles. The second kappa shape index (κ2) is 3.52. The molecule has 2 nitrogen and oxygen atoms in total. The molecule has 0 amide bonds. The van der Waals surface area contributed by atoms with Crippen LogP contribution in [-0.2, 0) is 0 Å². The fourth-order valence-electron chi connectivity index (χ4n) is 1.95. The summed E-state index contributed by atoms with van der Waals surface area (Å²) in [5.74, 6) is 0.842. The van der Waals surface area contributed by atoms with Crippen molar-refractivity contribution in [3.63, 3.8) is 0 Å². The van der Waals surface area contributed by atoms with Crippen LogP contribution >= 0.6 is 15.9 Å². The van der Waals surface area contributed by atoms with Crippen molar-refractivity contribution in [3.05, 3.63) is 40.9 Å². The van der Waals surface area contributed by atoms with Gasteiger partial charge in [-0.25, -0.2) is 0 Å². The maximum atomic E-state index is 5.80. The Hall–Kier alpha value is -1.48. The van der Waals surface area contributed by atoms with Gasteiger partial charge in [0.15, 0.2) is 0 Å². The quantitative estimate of drug-likeness (QED) is 0.659. The lowest BCUT2D eigenvalue weighted by Gasteiger charge is -1.99. The van der Waals surface area contributed by atoms with Gasteiger partial charge in [0.05, 0.1) is 17.0 Å². The third-order valence-corrected chi connectivity index (χ3v) is 3.28. The van der Waals surface area contributed by atoms with Crippen LogP contribution in [0.5, 0.6) is 5.75 Å². The maximum absolute atomic E-state index is 5.80. The Morgan fingerprint density at radius 3 is 2.75 bits per heavy atom. The van der Waals surface area contributed by atoms with Crippen LogP contribution in [0.1, 0.15) is 0 Å². The molecule has 1 aromatic heterocycles. The summed E-state index contributed by atoms with van der Waals surface area (Å²) in [6, 6.07) is 11.8. The van der Waals surface area contributed by atoms with Crippen molar-refractivity contribution in [2.24, 2.45) is 0 Å². The van der Waals surface area contributed by atoms with E-state index in [2.05, 4.69) is 15.9 Å². The molecule has 16 heavy (non-hydrogen) atoms. The van der Waals surface area contributed by atoms with Gasteiger partial charge < -0.3 is 9.15 Å². The van der Waals surface area contributed by atoms with E-state index < -0.39 is 0 Å². The summed E-state index contributed by atoms with van der Waals surface area (Å²) >= 11 is 3.49. The van der Waals surface area contributed by atoms with Gasteiger partial charge in [0.2, 0.25) is 0 Å². The SMILES string of the molecule is COc1cccc2oc3c(Br)cccc3c12. The zero-order chi connectivity index (χ0) is 11.1. The minimum atomic E-state index is 0.842. The van der Waals surface area contributed by atoms with Crippen molar-refractivity contribution in [3.8, 4) is 5.75 Å². The Kier molecular flexibility index (Phi) is 2.14. The van der Waals surface area contributed by atoms with Crippen LogP contribution in [0.4, 0.5) is 0 Å². The zero-order valence-corrected chi connectivity index (χ0v) is 10.2. The molecule has 0 aliphatic carbocycles. The molecule has 0 saturated heterocycles. The first kappa shape index (κ1) is 9.73. The van der Waals surface area contributed by atoms with Crippen molar-refractivity contribution >= 4 is 37.9 Å². The number of fused-ring (bicyclic) bond motifs is 3. The lowest BCUT2D eigenvalue weighted by molar-refractivity contribution is 0.420. The first-order chi connectivity index (χ1) is 7.81. The molecule has 0 spiro atoms. The molecule has 0 bridgehead atoms. The van der Waals surface area contributed by atoms with E-state index in [4.69, 9.17) is 9.15 Å². The summed E-state index contributed by atoms with van der Waals surface area (Å²) in [6.45, 7) is 0. The van der Waals surface area contributed by atoms with E-state index in [9.17, 15) is 0 Å². The topological polar surface area (TPSA) is 22.4 Å². The lowest BCUT2D eigenvalue weighted by Crippen LogP contribution is -1.82. The Balaban J connectivity index is 2.57. The van der Waals surface area contributed by atoms with E-state index in [1.54, 1.807) is 7.11 Å². The predicted octanol–water partition coefficient (Wildman–Crippen LogP) is 4.36. The summed E-state index contributed by atoms with van der Waals surface area (Å²) in [5.41, 5.74) is 1.71. The highest BCUT2D eigenvalue weighted by molar-refractivity contribution is 9.10. The van der Waals surface area contributed by atoms with Crippen LogP contribution < -0.4 is 4.74 Å². The molecule has 1 heterocycles. The van der Waals surface area contributed by atoms with Gasteiger partial charge in [0.1, 0.15) is 16.9 Å². The fraction of sp³-hybridized carbons (Fsp3) is 0.0769. The van der Waals surface area contributed by atoms with Gasteiger partial charge in [-0.15, -0.1) is 0 Å². The maximum Gasteiger partial charge on any atom is 0.149 e. The van der Waals surface area contributed by atoms with Gasteiger partial charge >= 0.3 is 0 Å². The van der Waals surface area contributed by atoms with Crippen LogP contribution in [0.15, 0.2) is 45.3 Å². The average Bonchev–Trinajstić information content (AvgIpc) is 2.69. The molecule has 3 aromatic rings. The van der Waals surface area contributed by atoms with Crippen LogP contribution in [0.3, 0.4) is 0 Å². The number of hydrogen-bond donors (Lipinski definition) is 0. The highest BCUT2D eigenvalue weighted by atomic mass is 79.9. The average molecular weight is 277 g/mol. The molecule has 3 rings (SSSR count). The molecule has 0 atom stereocenters. The predicted molar refractivity (Wildman–Crippen MR) is 68.0 cm³/mol. The Morgan fingerprint density at radius 2 is 1.94 bits per heavy atom. The molecule has 0 radical (unpaired) electrons. The van der Waals surface area contributed by atoms with E-state index in [0.717, 1.165) is 32.2 Å². The largest absolute Gasteiger partial charge is 0.496 e. The monoisotopic (exact) mass is 276 g/mol. The van der Waals surface area contributed by atoms with Gasteiger partial charge in [-0.1, -0.05) is 18.2 Å². The summed E-state index contributed by atoms with van der Waals surface area (Å²) in [6.07, 6.45) is 0. The molecule has 0 fully saturated rings. The highest BCUT2D eigenvalue weighted by Crippen LogP contribution is 2.37. The normalized spacial score (nSPS) is 11.1. The smallest absolute Gasteiger partial charge is 0.149 e. The third-order valence-electron chi connectivity index (χ3n) is 2.66. The molecule has 0 unspecified atom stereocenters. The molecular formula is C13H9BrO2. The molecule has 2 aromatic carbocycles. The second-order valence-corrected chi connectivity index (χ2v) is 4.41. The first-order valence-electron chi connectivity index (χ1n) is 4.95. The minimum absolute atomic E-state index is 0.842. The summed E-state index contributed by atoms with van der Waals surface area (Å²) in [7, 11) is 1.67. The summed E-state index contributed by atoms with van der Waals surface area (Å²) < 4.78 is 12.1. The lowest BCUT2D eigenvalue weighted by atomic mass is 10.1. The molecule has 0 aliphatic heterocycles. The van der Waals surface area contributed by atoms with Crippen molar-refractivity contribution < 1.29 is 9.15 Å². The van der Waals surface area contributed by atoms with Crippen molar-refractivity contribution in [2.45, 2.75) is 0 Å².